The highest BCUT2D eigenvalue weighted by Gasteiger charge is 2.14. The van der Waals surface area contributed by atoms with Crippen molar-refractivity contribution < 1.29 is 14.3 Å². The van der Waals surface area contributed by atoms with E-state index in [1.54, 1.807) is 14.2 Å². The molecule has 29 heavy (non-hydrogen) atoms. The van der Waals surface area contributed by atoms with Crippen LogP contribution in [0.3, 0.4) is 0 Å². The van der Waals surface area contributed by atoms with Gasteiger partial charge < -0.3 is 14.8 Å². The number of nitrogens with zero attached hydrogens (tertiary/aromatic N) is 1. The number of carbonyl (C=O) groups excluding carboxylic acids is 1. The molecule has 0 unspecified atom stereocenters. The molecule has 0 spiro atoms. The van der Waals surface area contributed by atoms with E-state index in [0.717, 1.165) is 22.0 Å². The summed E-state index contributed by atoms with van der Waals surface area (Å²) in [5.74, 6) is 1.24. The topological polar surface area (TPSA) is 60.5 Å². The van der Waals surface area contributed by atoms with Crippen LogP contribution in [-0.4, -0.2) is 25.1 Å². The Hall–Kier alpha value is -2.86. The van der Waals surface area contributed by atoms with Gasteiger partial charge in [0.25, 0.3) is 0 Å². The highest BCUT2D eigenvalue weighted by atomic mass is 32.1. The van der Waals surface area contributed by atoms with E-state index >= 15 is 0 Å². The van der Waals surface area contributed by atoms with Gasteiger partial charge in [-0.25, -0.2) is 4.98 Å². The zero-order valence-corrected chi connectivity index (χ0v) is 18.2. The fourth-order valence-electron chi connectivity index (χ4n) is 2.91. The molecule has 2 aromatic carbocycles. The summed E-state index contributed by atoms with van der Waals surface area (Å²) in [5.41, 5.74) is 3.78. The minimum atomic E-state index is -0.0855. The Morgan fingerprint density at radius 2 is 1.72 bits per heavy atom. The summed E-state index contributed by atoms with van der Waals surface area (Å²) in [4.78, 5) is 17.0. The summed E-state index contributed by atoms with van der Waals surface area (Å²) in [6.45, 7) is 6.50. The molecule has 0 fully saturated rings. The quantitative estimate of drug-likeness (QED) is 0.599. The Bertz CT molecular complexity index is 988. The lowest BCUT2D eigenvalue weighted by atomic mass is 9.87. The Kier molecular flexibility index (Phi) is 6.23. The van der Waals surface area contributed by atoms with Crippen LogP contribution in [0, 0.1) is 0 Å². The second-order valence-electron chi connectivity index (χ2n) is 7.77. The van der Waals surface area contributed by atoms with Gasteiger partial charge in [0.2, 0.25) is 5.91 Å². The molecule has 0 radical (unpaired) electrons. The predicted octanol–water partition coefficient (Wildman–Crippen LogP) is 5.31. The van der Waals surface area contributed by atoms with Crippen LogP contribution in [0.1, 0.15) is 32.0 Å². The second kappa shape index (κ2) is 8.66. The van der Waals surface area contributed by atoms with E-state index in [1.807, 2.05) is 47.8 Å². The molecule has 152 valence electrons. The van der Waals surface area contributed by atoms with Crippen LogP contribution in [0.25, 0.3) is 10.6 Å². The molecule has 1 amide bonds. The van der Waals surface area contributed by atoms with Gasteiger partial charge in [0.1, 0.15) is 5.01 Å². The van der Waals surface area contributed by atoms with E-state index in [9.17, 15) is 4.79 Å². The van der Waals surface area contributed by atoms with Crippen LogP contribution in [-0.2, 0) is 16.6 Å². The molecule has 0 saturated carbocycles. The number of nitrogens with one attached hydrogen (secondary N) is 1. The first-order chi connectivity index (χ1) is 13.8. The lowest BCUT2D eigenvalue weighted by Gasteiger charge is -2.19. The van der Waals surface area contributed by atoms with E-state index in [1.165, 1.54) is 16.9 Å². The molecule has 1 aromatic heterocycles. The number of anilines is 1. The van der Waals surface area contributed by atoms with Gasteiger partial charge >= 0.3 is 0 Å². The van der Waals surface area contributed by atoms with Gasteiger partial charge in [-0.05, 0) is 41.3 Å². The first-order valence-electron chi connectivity index (χ1n) is 9.37. The standard InChI is InChI=1S/C23H26N2O3S/c1-23(2,3)16-7-9-17(10-8-16)24-21(26)13-18-14-29-22(25-18)15-6-11-19(27-4)20(12-15)28-5/h6-12,14H,13H2,1-5H3,(H,24,26). The summed E-state index contributed by atoms with van der Waals surface area (Å²) >= 11 is 1.50. The smallest absolute Gasteiger partial charge is 0.230 e. The highest BCUT2D eigenvalue weighted by molar-refractivity contribution is 7.13. The van der Waals surface area contributed by atoms with Crippen molar-refractivity contribution in [3.63, 3.8) is 0 Å². The van der Waals surface area contributed by atoms with Crippen LogP contribution in [0.2, 0.25) is 0 Å². The number of amides is 1. The van der Waals surface area contributed by atoms with Gasteiger partial charge in [0.05, 0.1) is 26.3 Å². The third kappa shape index (κ3) is 5.15. The molecule has 1 N–H and O–H groups in total. The number of benzene rings is 2. The summed E-state index contributed by atoms with van der Waals surface area (Å²) < 4.78 is 10.6. The third-order valence-electron chi connectivity index (χ3n) is 4.56. The highest BCUT2D eigenvalue weighted by Crippen LogP contribution is 2.33. The van der Waals surface area contributed by atoms with E-state index in [-0.39, 0.29) is 17.7 Å². The van der Waals surface area contributed by atoms with E-state index in [4.69, 9.17) is 9.47 Å². The van der Waals surface area contributed by atoms with E-state index < -0.39 is 0 Å². The fourth-order valence-corrected chi connectivity index (χ4v) is 3.73. The van der Waals surface area contributed by atoms with Crippen LogP contribution < -0.4 is 14.8 Å². The third-order valence-corrected chi connectivity index (χ3v) is 5.50. The molecule has 6 heteroatoms. The van der Waals surface area contributed by atoms with E-state index in [2.05, 4.69) is 31.1 Å². The maximum absolute atomic E-state index is 12.4. The molecule has 1 heterocycles. The van der Waals surface area contributed by atoms with Crippen molar-refractivity contribution in [1.82, 2.24) is 4.98 Å². The van der Waals surface area contributed by atoms with Gasteiger partial charge in [0.15, 0.2) is 11.5 Å². The Morgan fingerprint density at radius 3 is 2.34 bits per heavy atom. The minimum absolute atomic E-state index is 0.0855. The van der Waals surface area contributed by atoms with Crippen LogP contribution in [0.15, 0.2) is 47.8 Å². The predicted molar refractivity (Wildman–Crippen MR) is 118 cm³/mol. The maximum atomic E-state index is 12.4. The second-order valence-corrected chi connectivity index (χ2v) is 8.62. The number of carbonyl (C=O) groups is 1. The summed E-state index contributed by atoms with van der Waals surface area (Å²) in [5, 5.41) is 5.69. The van der Waals surface area contributed by atoms with Crippen molar-refractivity contribution in [3.05, 3.63) is 59.1 Å². The largest absolute Gasteiger partial charge is 0.493 e. The normalized spacial score (nSPS) is 11.2. The maximum Gasteiger partial charge on any atom is 0.230 e. The first-order valence-corrected chi connectivity index (χ1v) is 10.3. The molecule has 0 atom stereocenters. The number of hydrogen-bond donors (Lipinski definition) is 1. The molecule has 0 aliphatic rings. The fraction of sp³-hybridized carbons (Fsp3) is 0.304. The number of aromatic nitrogens is 1. The lowest BCUT2D eigenvalue weighted by molar-refractivity contribution is -0.115. The van der Waals surface area contributed by atoms with Gasteiger partial charge in [-0.15, -0.1) is 11.3 Å². The van der Waals surface area contributed by atoms with Gasteiger partial charge in [-0.1, -0.05) is 32.9 Å². The van der Waals surface area contributed by atoms with Crippen molar-refractivity contribution >= 4 is 22.9 Å². The number of rotatable bonds is 6. The van der Waals surface area contributed by atoms with Crippen molar-refractivity contribution in [2.24, 2.45) is 0 Å². The van der Waals surface area contributed by atoms with Crippen LogP contribution in [0.5, 0.6) is 11.5 Å². The molecule has 3 aromatic rings. The van der Waals surface area contributed by atoms with Crippen LogP contribution >= 0.6 is 11.3 Å². The minimum Gasteiger partial charge on any atom is -0.493 e. The van der Waals surface area contributed by atoms with Gasteiger partial charge in [0, 0.05) is 16.6 Å². The molecular weight excluding hydrogens is 384 g/mol. The Balaban J connectivity index is 1.66. The summed E-state index contributed by atoms with van der Waals surface area (Å²) in [7, 11) is 3.21. The van der Waals surface area contributed by atoms with Crippen molar-refractivity contribution in [3.8, 4) is 22.1 Å². The SMILES string of the molecule is COc1ccc(-c2nc(CC(=O)Nc3ccc(C(C)(C)C)cc3)cs2)cc1OC. The summed E-state index contributed by atoms with van der Waals surface area (Å²) in [6, 6.07) is 13.6. The molecular formula is C23H26N2O3S. The number of ether oxygens (including phenoxy) is 2. The first kappa shape index (κ1) is 20.9. The van der Waals surface area contributed by atoms with Gasteiger partial charge in [-0.2, -0.15) is 0 Å². The molecule has 5 nitrogen and oxygen atoms in total. The molecule has 0 aliphatic carbocycles. The summed E-state index contributed by atoms with van der Waals surface area (Å²) in [6.07, 6.45) is 0.227. The van der Waals surface area contributed by atoms with Crippen molar-refractivity contribution in [2.45, 2.75) is 32.6 Å². The Labute approximate surface area is 175 Å². The lowest BCUT2D eigenvalue weighted by Crippen LogP contribution is -2.15. The van der Waals surface area contributed by atoms with Crippen molar-refractivity contribution in [2.75, 3.05) is 19.5 Å². The number of methoxy groups -OCH3 is 2. The van der Waals surface area contributed by atoms with E-state index in [0.29, 0.717) is 11.5 Å². The Morgan fingerprint density at radius 1 is 1.03 bits per heavy atom. The molecule has 0 aliphatic heterocycles. The average molecular weight is 411 g/mol. The molecule has 3 rings (SSSR count). The van der Waals surface area contributed by atoms with Crippen molar-refractivity contribution in [1.29, 1.82) is 0 Å². The molecule has 0 saturated heterocycles. The molecule has 0 bridgehead atoms. The zero-order valence-electron chi connectivity index (χ0n) is 17.4. The van der Waals surface area contributed by atoms with Crippen LogP contribution in [0.4, 0.5) is 5.69 Å². The number of hydrogen-bond acceptors (Lipinski definition) is 5. The number of thiazole rings is 1. The monoisotopic (exact) mass is 410 g/mol. The zero-order chi connectivity index (χ0) is 21.0. The van der Waals surface area contributed by atoms with Gasteiger partial charge in [-0.3, -0.25) is 4.79 Å². The average Bonchev–Trinajstić information content (AvgIpc) is 3.15.